The van der Waals surface area contributed by atoms with E-state index in [0.717, 1.165) is 27.6 Å². The molecule has 0 aliphatic heterocycles. The standard InChI is InChI=1S/C30H28F2N2O5S/c1-2-38-27-15-17-29(18-16-27)40(36,37)34(26-11-9-25(32)10-12-26)20-30(35)33-19-22-5-13-28(14-6-22)39-21-23-3-7-24(31)8-4-23/h3-18H,2,19-21H2,1H3,(H,33,35). The number of ether oxygens (including phenoxy) is 2. The molecule has 0 aliphatic carbocycles. The summed E-state index contributed by atoms with van der Waals surface area (Å²) in [4.78, 5) is 12.8. The minimum absolute atomic E-state index is 0.0377. The van der Waals surface area contributed by atoms with Gasteiger partial charge in [0, 0.05) is 6.54 Å². The van der Waals surface area contributed by atoms with Crippen LogP contribution in [-0.2, 0) is 28.0 Å². The average Bonchev–Trinajstić information content (AvgIpc) is 2.96. The van der Waals surface area contributed by atoms with Crippen LogP contribution in [0.15, 0.2) is 102 Å². The van der Waals surface area contributed by atoms with E-state index in [0.29, 0.717) is 18.1 Å². The predicted octanol–water partition coefficient (Wildman–Crippen LogP) is 5.45. The van der Waals surface area contributed by atoms with E-state index in [2.05, 4.69) is 5.32 Å². The third-order valence-electron chi connectivity index (χ3n) is 5.86. The maximum atomic E-state index is 13.6. The Morgan fingerprint density at radius 2 is 1.27 bits per heavy atom. The van der Waals surface area contributed by atoms with Crippen molar-refractivity contribution in [2.45, 2.75) is 25.0 Å². The number of rotatable bonds is 12. The third-order valence-corrected chi connectivity index (χ3v) is 7.64. The number of carbonyl (C=O) groups excluding carboxylic acids is 1. The number of benzene rings is 4. The van der Waals surface area contributed by atoms with Gasteiger partial charge in [0.05, 0.1) is 17.2 Å². The topological polar surface area (TPSA) is 84.9 Å². The number of hydrogen-bond donors (Lipinski definition) is 1. The summed E-state index contributed by atoms with van der Waals surface area (Å²) in [6, 6.07) is 23.8. The summed E-state index contributed by atoms with van der Waals surface area (Å²) >= 11 is 0. The fourth-order valence-corrected chi connectivity index (χ4v) is 5.18. The molecule has 0 atom stereocenters. The highest BCUT2D eigenvalue weighted by Crippen LogP contribution is 2.25. The van der Waals surface area contributed by atoms with E-state index in [1.54, 1.807) is 36.4 Å². The van der Waals surface area contributed by atoms with Crippen molar-refractivity contribution >= 4 is 21.6 Å². The average molecular weight is 567 g/mol. The van der Waals surface area contributed by atoms with Crippen molar-refractivity contribution in [1.29, 1.82) is 0 Å². The molecule has 0 aliphatic rings. The highest BCUT2D eigenvalue weighted by Gasteiger charge is 2.27. The van der Waals surface area contributed by atoms with Crippen molar-refractivity contribution in [2.75, 3.05) is 17.5 Å². The molecule has 0 bridgehead atoms. The van der Waals surface area contributed by atoms with Crippen LogP contribution in [0.2, 0.25) is 0 Å². The van der Waals surface area contributed by atoms with E-state index in [9.17, 15) is 22.0 Å². The van der Waals surface area contributed by atoms with Crippen LogP contribution < -0.4 is 19.1 Å². The van der Waals surface area contributed by atoms with Gasteiger partial charge >= 0.3 is 0 Å². The van der Waals surface area contributed by atoms with Gasteiger partial charge in [-0.2, -0.15) is 0 Å². The van der Waals surface area contributed by atoms with Gasteiger partial charge in [-0.15, -0.1) is 0 Å². The lowest BCUT2D eigenvalue weighted by Crippen LogP contribution is -2.40. The van der Waals surface area contributed by atoms with Gasteiger partial charge in [-0.25, -0.2) is 17.2 Å². The molecule has 40 heavy (non-hydrogen) atoms. The zero-order valence-electron chi connectivity index (χ0n) is 21.7. The van der Waals surface area contributed by atoms with Crippen LogP contribution in [0.5, 0.6) is 11.5 Å². The normalized spacial score (nSPS) is 11.1. The number of hydrogen-bond acceptors (Lipinski definition) is 5. The highest BCUT2D eigenvalue weighted by molar-refractivity contribution is 7.92. The smallest absolute Gasteiger partial charge is 0.264 e. The SMILES string of the molecule is CCOc1ccc(S(=O)(=O)N(CC(=O)NCc2ccc(OCc3ccc(F)cc3)cc2)c2ccc(F)cc2)cc1. The summed E-state index contributed by atoms with van der Waals surface area (Å²) in [5.74, 6) is -0.278. The van der Waals surface area contributed by atoms with Gasteiger partial charge in [-0.1, -0.05) is 24.3 Å². The largest absolute Gasteiger partial charge is 0.494 e. The van der Waals surface area contributed by atoms with Crippen molar-refractivity contribution in [3.05, 3.63) is 120 Å². The molecular weight excluding hydrogens is 538 g/mol. The van der Waals surface area contributed by atoms with Crippen LogP contribution in [0.3, 0.4) is 0 Å². The number of nitrogens with zero attached hydrogens (tertiary/aromatic N) is 1. The Kier molecular flexibility index (Phi) is 9.34. The predicted molar refractivity (Wildman–Crippen MR) is 148 cm³/mol. The molecule has 0 saturated carbocycles. The lowest BCUT2D eigenvalue weighted by Gasteiger charge is -2.24. The molecule has 208 valence electrons. The quantitative estimate of drug-likeness (QED) is 0.246. The number of anilines is 1. The van der Waals surface area contributed by atoms with E-state index >= 15 is 0 Å². The van der Waals surface area contributed by atoms with Crippen LogP contribution in [0.4, 0.5) is 14.5 Å². The first-order valence-corrected chi connectivity index (χ1v) is 13.9. The Morgan fingerprint density at radius 3 is 1.88 bits per heavy atom. The Bertz CT molecular complexity index is 1510. The van der Waals surface area contributed by atoms with E-state index in [1.807, 2.05) is 6.92 Å². The monoisotopic (exact) mass is 566 g/mol. The van der Waals surface area contributed by atoms with Crippen LogP contribution in [0.25, 0.3) is 0 Å². The van der Waals surface area contributed by atoms with Crippen LogP contribution in [-0.4, -0.2) is 27.5 Å². The van der Waals surface area contributed by atoms with E-state index in [1.165, 1.54) is 48.5 Å². The zero-order chi connectivity index (χ0) is 28.5. The van der Waals surface area contributed by atoms with Gasteiger partial charge in [0.1, 0.15) is 36.3 Å². The van der Waals surface area contributed by atoms with Gasteiger partial charge in [0.15, 0.2) is 0 Å². The number of amides is 1. The zero-order valence-corrected chi connectivity index (χ0v) is 22.5. The molecule has 7 nitrogen and oxygen atoms in total. The highest BCUT2D eigenvalue weighted by atomic mass is 32.2. The molecule has 0 saturated heterocycles. The molecular formula is C30H28F2N2O5S. The van der Waals surface area contributed by atoms with Gasteiger partial charge in [-0.3, -0.25) is 9.10 Å². The van der Waals surface area contributed by atoms with Crippen LogP contribution in [0.1, 0.15) is 18.1 Å². The number of carbonyl (C=O) groups is 1. The Balaban J connectivity index is 1.41. The fourth-order valence-electron chi connectivity index (χ4n) is 3.76. The van der Waals surface area contributed by atoms with Gasteiger partial charge in [0.25, 0.3) is 10.0 Å². The van der Waals surface area contributed by atoms with Gasteiger partial charge in [0.2, 0.25) is 5.91 Å². The molecule has 4 rings (SSSR count). The number of halogens is 2. The molecule has 1 N–H and O–H groups in total. The van der Waals surface area contributed by atoms with E-state index < -0.39 is 28.3 Å². The molecule has 10 heteroatoms. The molecule has 0 heterocycles. The first-order chi connectivity index (χ1) is 19.2. The van der Waals surface area contributed by atoms with E-state index in [-0.39, 0.29) is 29.6 Å². The molecule has 4 aromatic carbocycles. The first kappa shape index (κ1) is 28.6. The van der Waals surface area contributed by atoms with E-state index in [4.69, 9.17) is 9.47 Å². The Labute approximate surface area is 232 Å². The first-order valence-electron chi connectivity index (χ1n) is 12.5. The van der Waals surface area contributed by atoms with Crippen molar-refractivity contribution in [2.24, 2.45) is 0 Å². The minimum atomic E-state index is -4.16. The van der Waals surface area contributed by atoms with Gasteiger partial charge < -0.3 is 14.8 Å². The second-order valence-electron chi connectivity index (χ2n) is 8.73. The molecule has 0 spiro atoms. The summed E-state index contributed by atoms with van der Waals surface area (Å²) in [5, 5.41) is 2.73. The summed E-state index contributed by atoms with van der Waals surface area (Å²) in [5.41, 5.74) is 1.74. The molecule has 1 amide bonds. The lowest BCUT2D eigenvalue weighted by atomic mass is 10.2. The van der Waals surface area contributed by atoms with Crippen LogP contribution >= 0.6 is 0 Å². The van der Waals surface area contributed by atoms with Crippen molar-refractivity contribution in [3.63, 3.8) is 0 Å². The van der Waals surface area contributed by atoms with Crippen LogP contribution in [0, 0.1) is 11.6 Å². The summed E-state index contributed by atoms with van der Waals surface area (Å²) in [6.45, 7) is 2.16. The second kappa shape index (κ2) is 13.1. The number of nitrogens with one attached hydrogen (secondary N) is 1. The van der Waals surface area contributed by atoms with Crippen molar-refractivity contribution in [1.82, 2.24) is 5.32 Å². The Morgan fingerprint density at radius 1 is 0.750 bits per heavy atom. The summed E-state index contributed by atoms with van der Waals surface area (Å²) in [7, 11) is -4.16. The maximum absolute atomic E-state index is 13.6. The molecule has 0 unspecified atom stereocenters. The summed E-state index contributed by atoms with van der Waals surface area (Å²) < 4.78 is 65.6. The van der Waals surface area contributed by atoms with Crippen molar-refractivity contribution in [3.8, 4) is 11.5 Å². The third kappa shape index (κ3) is 7.57. The minimum Gasteiger partial charge on any atom is -0.494 e. The maximum Gasteiger partial charge on any atom is 0.264 e. The fraction of sp³-hybridized carbons (Fsp3) is 0.167. The lowest BCUT2D eigenvalue weighted by molar-refractivity contribution is -0.119. The molecule has 4 aromatic rings. The van der Waals surface area contributed by atoms with Gasteiger partial charge in [-0.05, 0) is 90.8 Å². The molecule has 0 aromatic heterocycles. The Hall–Kier alpha value is -4.44. The second-order valence-corrected chi connectivity index (χ2v) is 10.6. The molecule has 0 fully saturated rings. The molecule has 0 radical (unpaired) electrons. The summed E-state index contributed by atoms with van der Waals surface area (Å²) in [6.07, 6.45) is 0. The van der Waals surface area contributed by atoms with Crippen molar-refractivity contribution < 1.29 is 31.5 Å². The number of sulfonamides is 1.